The molecule has 0 radical (unpaired) electrons. The predicted molar refractivity (Wildman–Crippen MR) is 80.4 cm³/mol. The first-order chi connectivity index (χ1) is 10.00. The van der Waals surface area contributed by atoms with Gasteiger partial charge in [-0.1, -0.05) is 25.1 Å². The van der Waals surface area contributed by atoms with Gasteiger partial charge < -0.3 is 0 Å². The lowest BCUT2D eigenvalue weighted by Gasteiger charge is -2.33. The molecule has 1 aliphatic heterocycles. The van der Waals surface area contributed by atoms with Gasteiger partial charge in [0.2, 0.25) is 0 Å². The number of anilines is 1. The van der Waals surface area contributed by atoms with Gasteiger partial charge >= 0.3 is 0 Å². The Morgan fingerprint density at radius 1 is 1.10 bits per heavy atom. The molecule has 3 rings (SSSR count). The molecule has 0 spiro atoms. The molecular formula is C16H16FNO2S. The fraction of sp³-hybridized carbons (Fsp3) is 0.250. The maximum atomic E-state index is 13.0. The van der Waals surface area contributed by atoms with Crippen LogP contribution in [-0.2, 0) is 10.0 Å². The molecule has 0 fully saturated rings. The summed E-state index contributed by atoms with van der Waals surface area (Å²) in [5, 5.41) is 0. The Bertz CT molecular complexity index is 756. The topological polar surface area (TPSA) is 37.4 Å². The zero-order valence-electron chi connectivity index (χ0n) is 11.7. The molecule has 2 aromatic carbocycles. The van der Waals surface area contributed by atoms with E-state index in [0.717, 1.165) is 17.7 Å². The summed E-state index contributed by atoms with van der Waals surface area (Å²) in [6.45, 7) is 2.54. The summed E-state index contributed by atoms with van der Waals surface area (Å²) in [7, 11) is -3.65. The van der Waals surface area contributed by atoms with Gasteiger partial charge in [-0.05, 0) is 48.2 Å². The molecule has 1 unspecified atom stereocenters. The summed E-state index contributed by atoms with van der Waals surface area (Å²) in [4.78, 5) is 0.119. The van der Waals surface area contributed by atoms with Crippen LogP contribution < -0.4 is 4.31 Å². The SMILES string of the molecule is CC1CCN(S(=O)(=O)c2ccc(F)cc2)c2ccccc21. The van der Waals surface area contributed by atoms with Crippen molar-refractivity contribution in [3.63, 3.8) is 0 Å². The number of para-hydroxylation sites is 1. The fourth-order valence-corrected chi connectivity index (χ4v) is 4.21. The van der Waals surface area contributed by atoms with Crippen LogP contribution in [0.25, 0.3) is 0 Å². The number of benzene rings is 2. The van der Waals surface area contributed by atoms with Gasteiger partial charge in [0.05, 0.1) is 10.6 Å². The largest absolute Gasteiger partial charge is 0.266 e. The minimum Gasteiger partial charge on any atom is -0.266 e. The molecule has 3 nitrogen and oxygen atoms in total. The van der Waals surface area contributed by atoms with Crippen LogP contribution in [0.3, 0.4) is 0 Å². The van der Waals surface area contributed by atoms with E-state index in [2.05, 4.69) is 6.92 Å². The third-order valence-corrected chi connectivity index (χ3v) is 5.73. The Morgan fingerprint density at radius 2 is 1.76 bits per heavy atom. The van der Waals surface area contributed by atoms with Crippen molar-refractivity contribution in [1.29, 1.82) is 0 Å². The summed E-state index contributed by atoms with van der Waals surface area (Å²) < 4.78 is 40.0. The molecule has 0 bridgehead atoms. The Morgan fingerprint density at radius 3 is 2.48 bits per heavy atom. The second kappa shape index (κ2) is 5.15. The molecule has 2 aromatic rings. The lowest BCUT2D eigenvalue weighted by molar-refractivity contribution is 0.578. The molecule has 1 aliphatic rings. The molecule has 110 valence electrons. The number of sulfonamides is 1. The minimum atomic E-state index is -3.65. The second-order valence-corrected chi connectivity index (χ2v) is 7.14. The zero-order chi connectivity index (χ0) is 15.0. The average molecular weight is 305 g/mol. The van der Waals surface area contributed by atoms with Crippen LogP contribution >= 0.6 is 0 Å². The van der Waals surface area contributed by atoms with Crippen molar-refractivity contribution in [2.75, 3.05) is 10.8 Å². The highest BCUT2D eigenvalue weighted by Crippen LogP contribution is 2.37. The second-order valence-electron chi connectivity index (χ2n) is 5.28. The van der Waals surface area contributed by atoms with Crippen molar-refractivity contribution >= 4 is 15.7 Å². The molecule has 0 amide bonds. The minimum absolute atomic E-state index is 0.119. The molecule has 1 heterocycles. The van der Waals surface area contributed by atoms with Gasteiger partial charge in [-0.2, -0.15) is 0 Å². The van der Waals surface area contributed by atoms with Gasteiger partial charge in [-0.3, -0.25) is 4.31 Å². The molecule has 0 saturated heterocycles. The van der Waals surface area contributed by atoms with E-state index in [9.17, 15) is 12.8 Å². The van der Waals surface area contributed by atoms with E-state index >= 15 is 0 Å². The normalized spacial score (nSPS) is 18.4. The van der Waals surface area contributed by atoms with E-state index in [0.29, 0.717) is 12.5 Å². The van der Waals surface area contributed by atoms with Crippen LogP contribution in [-0.4, -0.2) is 15.0 Å². The highest BCUT2D eigenvalue weighted by molar-refractivity contribution is 7.92. The molecular weight excluding hydrogens is 289 g/mol. The summed E-state index contributed by atoms with van der Waals surface area (Å²) in [6, 6.07) is 12.5. The van der Waals surface area contributed by atoms with Crippen LogP contribution in [0.1, 0.15) is 24.8 Å². The van der Waals surface area contributed by atoms with Crippen molar-refractivity contribution in [3.8, 4) is 0 Å². The van der Waals surface area contributed by atoms with E-state index in [-0.39, 0.29) is 4.90 Å². The van der Waals surface area contributed by atoms with E-state index in [1.807, 2.05) is 24.3 Å². The monoisotopic (exact) mass is 305 g/mol. The van der Waals surface area contributed by atoms with Gasteiger partial charge in [-0.15, -0.1) is 0 Å². The zero-order valence-corrected chi connectivity index (χ0v) is 12.5. The summed E-state index contributed by atoms with van der Waals surface area (Å²) in [5.41, 5.74) is 1.76. The van der Waals surface area contributed by atoms with Crippen molar-refractivity contribution in [1.82, 2.24) is 0 Å². The molecule has 0 aliphatic carbocycles. The van der Waals surface area contributed by atoms with Crippen LogP contribution in [0.15, 0.2) is 53.4 Å². The first-order valence-electron chi connectivity index (χ1n) is 6.87. The summed E-state index contributed by atoms with van der Waals surface area (Å²) >= 11 is 0. The van der Waals surface area contributed by atoms with Crippen LogP contribution in [0.5, 0.6) is 0 Å². The fourth-order valence-electron chi connectivity index (χ4n) is 2.70. The first kappa shape index (κ1) is 14.1. The van der Waals surface area contributed by atoms with Gasteiger partial charge in [0.15, 0.2) is 0 Å². The lowest BCUT2D eigenvalue weighted by Crippen LogP contribution is -2.36. The van der Waals surface area contributed by atoms with E-state index in [4.69, 9.17) is 0 Å². The van der Waals surface area contributed by atoms with Gasteiger partial charge in [0.25, 0.3) is 10.0 Å². The third kappa shape index (κ3) is 2.42. The summed E-state index contributed by atoms with van der Waals surface area (Å²) in [6.07, 6.45) is 0.775. The van der Waals surface area contributed by atoms with Crippen LogP contribution in [0, 0.1) is 5.82 Å². The third-order valence-electron chi connectivity index (χ3n) is 3.90. The number of rotatable bonds is 2. The Hall–Kier alpha value is -1.88. The molecule has 5 heteroatoms. The molecule has 0 aromatic heterocycles. The maximum Gasteiger partial charge on any atom is 0.264 e. The van der Waals surface area contributed by atoms with Crippen LogP contribution in [0.2, 0.25) is 0 Å². The van der Waals surface area contributed by atoms with E-state index in [1.165, 1.54) is 28.6 Å². The quantitative estimate of drug-likeness (QED) is 0.851. The summed E-state index contributed by atoms with van der Waals surface area (Å²) in [5.74, 6) is -0.109. The number of fused-ring (bicyclic) bond motifs is 1. The Kier molecular flexibility index (Phi) is 3.45. The van der Waals surface area contributed by atoms with Crippen molar-refractivity contribution in [2.24, 2.45) is 0 Å². The molecule has 0 N–H and O–H groups in total. The Labute approximate surface area is 124 Å². The van der Waals surface area contributed by atoms with Gasteiger partial charge in [0, 0.05) is 6.54 Å². The highest BCUT2D eigenvalue weighted by Gasteiger charge is 2.31. The molecule has 21 heavy (non-hydrogen) atoms. The Balaban J connectivity index is 2.08. The number of nitrogens with zero attached hydrogens (tertiary/aromatic N) is 1. The van der Waals surface area contributed by atoms with Crippen molar-refractivity contribution < 1.29 is 12.8 Å². The molecule has 1 atom stereocenters. The number of halogens is 1. The average Bonchev–Trinajstić information content (AvgIpc) is 2.48. The van der Waals surface area contributed by atoms with E-state index < -0.39 is 15.8 Å². The standard InChI is InChI=1S/C16H16FNO2S/c1-12-10-11-18(16-5-3-2-4-15(12)16)21(19,20)14-8-6-13(17)7-9-14/h2-9,12H,10-11H2,1H3. The lowest BCUT2D eigenvalue weighted by atomic mass is 9.93. The first-order valence-corrected chi connectivity index (χ1v) is 8.31. The van der Waals surface area contributed by atoms with Crippen molar-refractivity contribution in [2.45, 2.75) is 24.2 Å². The highest BCUT2D eigenvalue weighted by atomic mass is 32.2. The van der Waals surface area contributed by atoms with Gasteiger partial charge in [0.1, 0.15) is 5.82 Å². The molecule has 0 saturated carbocycles. The predicted octanol–water partition coefficient (Wildman–Crippen LogP) is 3.53. The number of hydrogen-bond donors (Lipinski definition) is 0. The van der Waals surface area contributed by atoms with Gasteiger partial charge in [-0.25, -0.2) is 12.8 Å². The number of hydrogen-bond acceptors (Lipinski definition) is 2. The smallest absolute Gasteiger partial charge is 0.264 e. The van der Waals surface area contributed by atoms with E-state index in [1.54, 1.807) is 0 Å². The van der Waals surface area contributed by atoms with Crippen molar-refractivity contribution in [3.05, 3.63) is 59.9 Å². The maximum absolute atomic E-state index is 13.0. The van der Waals surface area contributed by atoms with Crippen LogP contribution in [0.4, 0.5) is 10.1 Å².